The fourth-order valence-corrected chi connectivity index (χ4v) is 3.01. The molecule has 2 heterocycles. The number of carbonyl (C=O) groups is 1. The standard InChI is InChI=1S/C11H16N2O2S/c1-3-11(2)4-6-7(5-15-11)16-10(13)8(6)9(12)14/h3-5,13H2,1-2H3,(H2,12,14)/t11-/m0/s1. The van der Waals surface area contributed by atoms with E-state index in [1.165, 1.54) is 11.3 Å². The van der Waals surface area contributed by atoms with Crippen molar-refractivity contribution in [3.8, 4) is 0 Å². The Morgan fingerprint density at radius 3 is 2.88 bits per heavy atom. The minimum absolute atomic E-state index is 0.204. The Morgan fingerprint density at radius 1 is 1.62 bits per heavy atom. The second kappa shape index (κ2) is 3.75. The van der Waals surface area contributed by atoms with E-state index in [4.69, 9.17) is 16.2 Å². The van der Waals surface area contributed by atoms with E-state index in [1.807, 2.05) is 0 Å². The van der Waals surface area contributed by atoms with E-state index in [0.29, 0.717) is 23.6 Å². The first-order valence-corrected chi connectivity index (χ1v) is 6.12. The predicted molar refractivity (Wildman–Crippen MR) is 64.4 cm³/mol. The lowest BCUT2D eigenvalue weighted by Crippen LogP contribution is -2.35. The van der Waals surface area contributed by atoms with Crippen LogP contribution in [0.3, 0.4) is 0 Å². The monoisotopic (exact) mass is 240 g/mol. The number of rotatable bonds is 2. The van der Waals surface area contributed by atoms with E-state index in [0.717, 1.165) is 16.9 Å². The maximum Gasteiger partial charge on any atom is 0.251 e. The summed E-state index contributed by atoms with van der Waals surface area (Å²) in [7, 11) is 0. The number of nitrogens with two attached hydrogens (primary N) is 2. The number of fused-ring (bicyclic) bond motifs is 1. The van der Waals surface area contributed by atoms with Crippen molar-refractivity contribution >= 4 is 22.2 Å². The highest BCUT2D eigenvalue weighted by Gasteiger charge is 2.34. The largest absolute Gasteiger partial charge is 0.390 e. The third-order valence-corrected chi connectivity index (χ3v) is 4.25. The molecule has 0 spiro atoms. The van der Waals surface area contributed by atoms with Crippen LogP contribution in [0.5, 0.6) is 0 Å². The van der Waals surface area contributed by atoms with Gasteiger partial charge in [-0.25, -0.2) is 0 Å². The van der Waals surface area contributed by atoms with Crippen molar-refractivity contribution in [3.05, 3.63) is 16.0 Å². The first-order valence-electron chi connectivity index (χ1n) is 5.30. The molecule has 4 nitrogen and oxygen atoms in total. The van der Waals surface area contributed by atoms with Gasteiger partial charge in [-0.15, -0.1) is 11.3 Å². The van der Waals surface area contributed by atoms with Crippen molar-refractivity contribution in [1.29, 1.82) is 0 Å². The Bertz CT molecular complexity index is 441. The Morgan fingerprint density at radius 2 is 2.31 bits per heavy atom. The van der Waals surface area contributed by atoms with Crippen LogP contribution < -0.4 is 11.5 Å². The van der Waals surface area contributed by atoms with Crippen molar-refractivity contribution < 1.29 is 9.53 Å². The number of primary amides is 1. The summed E-state index contributed by atoms with van der Waals surface area (Å²) in [4.78, 5) is 12.4. The van der Waals surface area contributed by atoms with Gasteiger partial charge in [0.15, 0.2) is 0 Å². The predicted octanol–water partition coefficient (Wildman–Crippen LogP) is 1.67. The number of hydrogen-bond acceptors (Lipinski definition) is 4. The summed E-state index contributed by atoms with van der Waals surface area (Å²) in [6.07, 6.45) is 1.62. The van der Waals surface area contributed by atoms with Gasteiger partial charge in [0.25, 0.3) is 5.91 Å². The van der Waals surface area contributed by atoms with Gasteiger partial charge in [-0.2, -0.15) is 0 Å². The van der Waals surface area contributed by atoms with Gasteiger partial charge in [0.05, 0.1) is 22.8 Å². The topological polar surface area (TPSA) is 78.3 Å². The van der Waals surface area contributed by atoms with E-state index in [-0.39, 0.29) is 5.60 Å². The molecule has 2 rings (SSSR count). The minimum Gasteiger partial charge on any atom is -0.390 e. The van der Waals surface area contributed by atoms with Crippen LogP contribution in [0.15, 0.2) is 0 Å². The molecule has 16 heavy (non-hydrogen) atoms. The summed E-state index contributed by atoms with van der Waals surface area (Å²) < 4.78 is 5.79. The minimum atomic E-state index is -0.435. The molecule has 0 saturated heterocycles. The van der Waals surface area contributed by atoms with E-state index in [9.17, 15) is 4.79 Å². The molecule has 1 aromatic heterocycles. The van der Waals surface area contributed by atoms with Crippen molar-refractivity contribution in [2.24, 2.45) is 5.73 Å². The van der Waals surface area contributed by atoms with Gasteiger partial charge in [0.2, 0.25) is 0 Å². The van der Waals surface area contributed by atoms with Crippen LogP contribution in [0.4, 0.5) is 5.00 Å². The number of ether oxygens (including phenoxy) is 1. The molecule has 0 radical (unpaired) electrons. The van der Waals surface area contributed by atoms with Crippen LogP contribution in [0.25, 0.3) is 0 Å². The highest BCUT2D eigenvalue weighted by atomic mass is 32.1. The third kappa shape index (κ3) is 1.70. The van der Waals surface area contributed by atoms with Crippen LogP contribution in [0.2, 0.25) is 0 Å². The van der Waals surface area contributed by atoms with Gasteiger partial charge in [0.1, 0.15) is 0 Å². The highest BCUT2D eigenvalue weighted by molar-refractivity contribution is 7.16. The van der Waals surface area contributed by atoms with Crippen molar-refractivity contribution in [1.82, 2.24) is 0 Å². The first-order chi connectivity index (χ1) is 7.47. The number of hydrogen-bond donors (Lipinski definition) is 2. The molecule has 4 N–H and O–H groups in total. The Kier molecular flexibility index (Phi) is 2.67. The molecule has 0 aromatic carbocycles. The Labute approximate surface area is 98.6 Å². The quantitative estimate of drug-likeness (QED) is 0.825. The molecule has 0 saturated carbocycles. The molecule has 0 unspecified atom stereocenters. The first kappa shape index (κ1) is 11.4. The zero-order chi connectivity index (χ0) is 11.9. The summed E-state index contributed by atoms with van der Waals surface area (Å²) in [6, 6.07) is 0. The average molecular weight is 240 g/mol. The SMILES string of the molecule is CC[C@@]1(C)Cc2c(sc(N)c2C(N)=O)CO1. The van der Waals surface area contributed by atoms with Crippen LogP contribution in [-0.2, 0) is 17.8 Å². The van der Waals surface area contributed by atoms with Crippen molar-refractivity contribution in [2.75, 3.05) is 5.73 Å². The third-order valence-electron chi connectivity index (χ3n) is 3.21. The highest BCUT2D eigenvalue weighted by Crippen LogP contribution is 2.39. The van der Waals surface area contributed by atoms with Gasteiger partial charge in [-0.05, 0) is 18.9 Å². The van der Waals surface area contributed by atoms with Crippen molar-refractivity contribution in [2.45, 2.75) is 38.9 Å². The average Bonchev–Trinajstić information content (AvgIpc) is 2.53. The number of amides is 1. The van der Waals surface area contributed by atoms with E-state index in [2.05, 4.69) is 13.8 Å². The van der Waals surface area contributed by atoms with Gasteiger partial charge in [-0.1, -0.05) is 6.92 Å². The summed E-state index contributed by atoms with van der Waals surface area (Å²) >= 11 is 1.41. The molecule has 88 valence electrons. The second-order valence-corrected chi connectivity index (χ2v) is 5.51. The van der Waals surface area contributed by atoms with E-state index in [1.54, 1.807) is 0 Å². The molecule has 1 aromatic rings. The van der Waals surface area contributed by atoms with Crippen LogP contribution >= 0.6 is 11.3 Å². The smallest absolute Gasteiger partial charge is 0.251 e. The number of anilines is 1. The lowest BCUT2D eigenvalue weighted by Gasteiger charge is -2.33. The molecule has 0 bridgehead atoms. The molecule has 1 amide bonds. The summed E-state index contributed by atoms with van der Waals surface area (Å²) in [5, 5.41) is 0.515. The van der Waals surface area contributed by atoms with Gasteiger partial charge >= 0.3 is 0 Å². The lowest BCUT2D eigenvalue weighted by molar-refractivity contribution is -0.0547. The van der Waals surface area contributed by atoms with E-state index < -0.39 is 5.91 Å². The van der Waals surface area contributed by atoms with Gasteiger partial charge < -0.3 is 16.2 Å². The molecule has 1 aliphatic heterocycles. The van der Waals surface area contributed by atoms with E-state index >= 15 is 0 Å². The Hall–Kier alpha value is -1.07. The fraction of sp³-hybridized carbons (Fsp3) is 0.545. The zero-order valence-electron chi connectivity index (χ0n) is 9.50. The summed E-state index contributed by atoms with van der Waals surface area (Å²) in [6.45, 7) is 4.65. The molecule has 0 fully saturated rings. The van der Waals surface area contributed by atoms with Crippen molar-refractivity contribution in [3.63, 3.8) is 0 Å². The second-order valence-electron chi connectivity index (χ2n) is 4.38. The van der Waals surface area contributed by atoms with Crippen LogP contribution in [0, 0.1) is 0 Å². The van der Waals surface area contributed by atoms with Gasteiger partial charge in [-0.3, -0.25) is 4.79 Å². The van der Waals surface area contributed by atoms with Gasteiger partial charge in [0, 0.05) is 11.3 Å². The normalized spacial score (nSPS) is 24.1. The fourth-order valence-electron chi connectivity index (χ4n) is 2.00. The maximum absolute atomic E-state index is 11.4. The summed E-state index contributed by atoms with van der Waals surface area (Å²) in [5.41, 5.74) is 12.5. The zero-order valence-corrected chi connectivity index (χ0v) is 10.3. The molecule has 1 atom stereocenters. The number of thiophene rings is 1. The maximum atomic E-state index is 11.4. The molecule has 1 aliphatic rings. The lowest BCUT2D eigenvalue weighted by atomic mass is 9.89. The van der Waals surface area contributed by atoms with Crippen LogP contribution in [0.1, 0.15) is 41.1 Å². The summed E-state index contributed by atoms with van der Waals surface area (Å²) in [5.74, 6) is -0.435. The Balaban J connectivity index is 2.47. The molecular weight excluding hydrogens is 224 g/mol. The molecular formula is C11H16N2O2S. The molecule has 0 aliphatic carbocycles. The molecule has 5 heteroatoms. The van der Waals surface area contributed by atoms with Crippen LogP contribution in [-0.4, -0.2) is 11.5 Å². The number of carbonyl (C=O) groups excluding carboxylic acids is 1. The number of nitrogen functional groups attached to an aromatic ring is 1.